The average Bonchev–Trinajstić information content (AvgIpc) is 2.68. The summed E-state index contributed by atoms with van der Waals surface area (Å²) < 4.78 is 37.3. The molecule has 0 saturated carbocycles. The molecule has 2 fully saturated rings. The zero-order valence-corrected chi connectivity index (χ0v) is 16.0. The predicted molar refractivity (Wildman–Crippen MR) is 97.1 cm³/mol. The van der Waals surface area contributed by atoms with Gasteiger partial charge >= 0.3 is 5.97 Å². The van der Waals surface area contributed by atoms with Gasteiger partial charge < -0.3 is 19.3 Å². The summed E-state index contributed by atoms with van der Waals surface area (Å²) in [6, 6.07) is 4.72. The summed E-state index contributed by atoms with van der Waals surface area (Å²) in [5.74, 6) is -0.530. The van der Waals surface area contributed by atoms with E-state index in [9.17, 15) is 13.2 Å². The second kappa shape index (κ2) is 7.91. The molecule has 9 heteroatoms. The fourth-order valence-corrected chi connectivity index (χ4v) is 4.64. The number of sulfonamides is 1. The predicted octanol–water partition coefficient (Wildman–Crippen LogP) is 0.246. The highest BCUT2D eigenvalue weighted by Crippen LogP contribution is 2.27. The van der Waals surface area contributed by atoms with Gasteiger partial charge in [0.1, 0.15) is 0 Å². The number of hydrogen-bond donors (Lipinski definition) is 0. The number of carbonyl (C=O) groups is 1. The summed E-state index contributed by atoms with van der Waals surface area (Å²) in [5, 5.41) is 0. The fraction of sp³-hybridized carbons (Fsp3) is 0.588. The summed E-state index contributed by atoms with van der Waals surface area (Å²) in [5.41, 5.74) is 0.997. The van der Waals surface area contributed by atoms with Crippen molar-refractivity contribution in [3.63, 3.8) is 0 Å². The highest BCUT2D eigenvalue weighted by molar-refractivity contribution is 7.89. The van der Waals surface area contributed by atoms with Crippen LogP contribution in [0.1, 0.15) is 10.4 Å². The van der Waals surface area contributed by atoms with E-state index in [-0.39, 0.29) is 10.5 Å². The van der Waals surface area contributed by atoms with Gasteiger partial charge in [0.15, 0.2) is 0 Å². The van der Waals surface area contributed by atoms with Gasteiger partial charge in [0.25, 0.3) is 0 Å². The molecule has 144 valence electrons. The Hall–Kier alpha value is -1.68. The quantitative estimate of drug-likeness (QED) is 0.690. The molecule has 3 rings (SSSR count). The highest BCUT2D eigenvalue weighted by atomic mass is 32.2. The lowest BCUT2D eigenvalue weighted by Gasteiger charge is -2.35. The molecule has 0 atom stereocenters. The topological polar surface area (TPSA) is 79.4 Å². The zero-order valence-electron chi connectivity index (χ0n) is 15.2. The second-order valence-corrected chi connectivity index (χ2v) is 8.42. The van der Waals surface area contributed by atoms with Crippen LogP contribution in [0.5, 0.6) is 0 Å². The van der Waals surface area contributed by atoms with Crippen molar-refractivity contribution in [3.8, 4) is 0 Å². The van der Waals surface area contributed by atoms with E-state index in [1.54, 1.807) is 12.1 Å². The molecule has 0 spiro atoms. The van der Waals surface area contributed by atoms with Crippen LogP contribution >= 0.6 is 0 Å². The number of likely N-dealkylation sites (N-methyl/N-ethyl adjacent to an activating group) is 1. The third-order valence-corrected chi connectivity index (χ3v) is 6.72. The van der Waals surface area contributed by atoms with Crippen LogP contribution in [0.4, 0.5) is 5.69 Å². The molecular formula is C17H25N3O5S. The minimum Gasteiger partial charge on any atom is -0.465 e. The molecule has 0 radical (unpaired) electrons. The standard InChI is InChI=1S/C17H25N3O5S/c1-18-5-7-19(8-6-18)16-4-3-14(13-15(16)17(21)24-2)26(22,23)20-9-11-25-12-10-20/h3-4,13H,5-12H2,1-2H3. The van der Waals surface area contributed by atoms with E-state index < -0.39 is 16.0 Å². The van der Waals surface area contributed by atoms with Crippen molar-refractivity contribution in [2.45, 2.75) is 4.90 Å². The van der Waals surface area contributed by atoms with Crippen molar-refractivity contribution >= 4 is 21.7 Å². The molecule has 2 saturated heterocycles. The Bertz CT molecular complexity index is 754. The van der Waals surface area contributed by atoms with Crippen LogP contribution in [0, 0.1) is 0 Å². The molecule has 0 amide bonds. The Labute approximate surface area is 154 Å². The maximum atomic E-state index is 12.9. The van der Waals surface area contributed by atoms with E-state index >= 15 is 0 Å². The molecule has 26 heavy (non-hydrogen) atoms. The Kier molecular flexibility index (Phi) is 5.81. The van der Waals surface area contributed by atoms with Crippen LogP contribution in [-0.2, 0) is 19.5 Å². The van der Waals surface area contributed by atoms with Crippen molar-refractivity contribution in [2.75, 3.05) is 71.5 Å². The molecule has 0 N–H and O–H groups in total. The molecule has 0 unspecified atom stereocenters. The number of anilines is 1. The van der Waals surface area contributed by atoms with Gasteiger partial charge in [0.2, 0.25) is 10.0 Å². The molecular weight excluding hydrogens is 358 g/mol. The first-order valence-corrected chi connectivity index (χ1v) is 10.1. The van der Waals surface area contributed by atoms with Gasteiger partial charge in [-0.25, -0.2) is 13.2 Å². The van der Waals surface area contributed by atoms with Crippen LogP contribution in [0.3, 0.4) is 0 Å². The molecule has 2 heterocycles. The van der Waals surface area contributed by atoms with Gasteiger partial charge in [-0.1, -0.05) is 0 Å². The van der Waals surface area contributed by atoms with E-state index in [2.05, 4.69) is 16.8 Å². The fourth-order valence-electron chi connectivity index (χ4n) is 3.21. The van der Waals surface area contributed by atoms with Crippen molar-refractivity contribution in [2.24, 2.45) is 0 Å². The first-order valence-electron chi connectivity index (χ1n) is 8.67. The summed E-state index contributed by atoms with van der Waals surface area (Å²) in [4.78, 5) is 16.7. The van der Waals surface area contributed by atoms with Crippen molar-refractivity contribution < 1.29 is 22.7 Å². The number of esters is 1. The number of piperazine rings is 1. The number of methoxy groups -OCH3 is 1. The molecule has 1 aromatic carbocycles. The SMILES string of the molecule is COC(=O)c1cc(S(=O)(=O)N2CCOCC2)ccc1N1CCN(C)CC1. The molecule has 0 bridgehead atoms. The maximum Gasteiger partial charge on any atom is 0.340 e. The van der Waals surface area contributed by atoms with Crippen molar-refractivity contribution in [1.29, 1.82) is 0 Å². The number of benzene rings is 1. The Morgan fingerprint density at radius 3 is 2.35 bits per heavy atom. The molecule has 0 aliphatic carbocycles. The van der Waals surface area contributed by atoms with Crippen LogP contribution in [0.15, 0.2) is 23.1 Å². The molecule has 2 aliphatic heterocycles. The van der Waals surface area contributed by atoms with E-state index in [1.165, 1.54) is 17.5 Å². The van der Waals surface area contributed by atoms with Crippen molar-refractivity contribution in [1.82, 2.24) is 9.21 Å². The lowest BCUT2D eigenvalue weighted by atomic mass is 10.1. The number of rotatable bonds is 4. The van der Waals surface area contributed by atoms with Crippen LogP contribution < -0.4 is 4.90 Å². The first-order chi connectivity index (χ1) is 12.4. The zero-order chi connectivity index (χ0) is 18.7. The minimum absolute atomic E-state index is 0.109. The average molecular weight is 383 g/mol. The minimum atomic E-state index is -3.66. The number of hydrogen-bond acceptors (Lipinski definition) is 7. The lowest BCUT2D eigenvalue weighted by Crippen LogP contribution is -2.45. The molecule has 1 aromatic rings. The third kappa shape index (κ3) is 3.85. The normalized spacial score (nSPS) is 20.2. The highest BCUT2D eigenvalue weighted by Gasteiger charge is 2.29. The number of morpholine rings is 1. The number of carbonyl (C=O) groups excluding carboxylic acids is 1. The third-order valence-electron chi connectivity index (χ3n) is 4.83. The van der Waals surface area contributed by atoms with E-state index in [4.69, 9.17) is 9.47 Å². The summed E-state index contributed by atoms with van der Waals surface area (Å²) in [6.07, 6.45) is 0. The van der Waals surface area contributed by atoms with Gasteiger partial charge in [0, 0.05) is 39.3 Å². The first kappa shape index (κ1) is 19.1. The Balaban J connectivity index is 1.95. The van der Waals surface area contributed by atoms with Gasteiger partial charge in [-0.15, -0.1) is 0 Å². The maximum absolute atomic E-state index is 12.9. The van der Waals surface area contributed by atoms with Gasteiger partial charge in [0.05, 0.1) is 36.5 Å². The second-order valence-electron chi connectivity index (χ2n) is 6.48. The largest absolute Gasteiger partial charge is 0.465 e. The number of nitrogens with zero attached hydrogens (tertiary/aromatic N) is 3. The Morgan fingerprint density at radius 1 is 1.08 bits per heavy atom. The van der Waals surface area contributed by atoms with E-state index in [0.29, 0.717) is 32.0 Å². The van der Waals surface area contributed by atoms with Crippen LogP contribution in [-0.4, -0.2) is 90.2 Å². The monoisotopic (exact) mass is 383 g/mol. The number of ether oxygens (including phenoxy) is 2. The van der Waals surface area contributed by atoms with Gasteiger partial charge in [-0.3, -0.25) is 0 Å². The smallest absolute Gasteiger partial charge is 0.340 e. The van der Waals surface area contributed by atoms with E-state index in [1.807, 2.05) is 0 Å². The lowest BCUT2D eigenvalue weighted by molar-refractivity contribution is 0.0601. The van der Waals surface area contributed by atoms with Crippen molar-refractivity contribution in [3.05, 3.63) is 23.8 Å². The van der Waals surface area contributed by atoms with Gasteiger partial charge in [-0.2, -0.15) is 4.31 Å². The summed E-state index contributed by atoms with van der Waals surface area (Å²) in [7, 11) is -0.307. The molecule has 8 nitrogen and oxygen atoms in total. The van der Waals surface area contributed by atoms with Gasteiger partial charge in [-0.05, 0) is 25.2 Å². The summed E-state index contributed by atoms with van der Waals surface area (Å²) in [6.45, 7) is 4.70. The molecule has 2 aliphatic rings. The Morgan fingerprint density at radius 2 is 1.73 bits per heavy atom. The molecule has 0 aromatic heterocycles. The van der Waals surface area contributed by atoms with Crippen LogP contribution in [0.25, 0.3) is 0 Å². The summed E-state index contributed by atoms with van der Waals surface area (Å²) >= 11 is 0. The van der Waals surface area contributed by atoms with E-state index in [0.717, 1.165) is 26.2 Å². The van der Waals surface area contributed by atoms with Crippen LogP contribution in [0.2, 0.25) is 0 Å².